The summed E-state index contributed by atoms with van der Waals surface area (Å²) < 4.78 is 40.6. The molecule has 5 N–H and O–H groups in total. The first-order valence-electron chi connectivity index (χ1n) is 10.4. The van der Waals surface area contributed by atoms with E-state index in [1.54, 1.807) is 0 Å². The molecule has 0 spiro atoms. The molecule has 0 radical (unpaired) electrons. The van der Waals surface area contributed by atoms with Crippen molar-refractivity contribution in [3.63, 3.8) is 0 Å². The van der Waals surface area contributed by atoms with Crippen LogP contribution in [0.1, 0.15) is 52.1 Å². The number of aromatic hydroxyl groups is 2. The fourth-order valence-electron chi connectivity index (χ4n) is 3.17. The van der Waals surface area contributed by atoms with Crippen LogP contribution in [0, 0.1) is 5.92 Å². The first-order valence-corrected chi connectivity index (χ1v) is 10.4. The van der Waals surface area contributed by atoms with E-state index in [9.17, 15) is 42.6 Å². The average molecular weight is 499 g/mol. The molecule has 0 aliphatic heterocycles. The van der Waals surface area contributed by atoms with E-state index in [2.05, 4.69) is 5.32 Å². The standard InChI is InChI=1S/C22H24F3N3O7/c1-11(2)7-8-26-18(32)15-17(31)16(19(33)27-9-14(29)30)21(35)28(20(15)34)10-12-5-3-4-6-13(12)22(23,24)25/h3-6,11,31,34H,7-10H2,1-2H3,(H,26,32)(H,27,33)(H,29,30). The van der Waals surface area contributed by atoms with Gasteiger partial charge in [0.25, 0.3) is 17.4 Å². The smallest absolute Gasteiger partial charge is 0.416 e. The van der Waals surface area contributed by atoms with Crippen molar-refractivity contribution in [3.05, 3.63) is 56.9 Å². The topological polar surface area (TPSA) is 158 Å². The minimum Gasteiger partial charge on any atom is -0.506 e. The molecule has 0 fully saturated rings. The summed E-state index contributed by atoms with van der Waals surface area (Å²) in [5.41, 5.74) is -5.05. The first kappa shape index (κ1) is 27.2. The Morgan fingerprint density at radius 1 is 1.03 bits per heavy atom. The molecule has 13 heteroatoms. The molecule has 0 aliphatic carbocycles. The predicted octanol–water partition coefficient (Wildman–Crippen LogP) is 1.92. The van der Waals surface area contributed by atoms with Crippen molar-refractivity contribution in [2.24, 2.45) is 5.92 Å². The van der Waals surface area contributed by atoms with Gasteiger partial charge in [-0.05, 0) is 24.0 Å². The van der Waals surface area contributed by atoms with Gasteiger partial charge in [0.05, 0.1) is 12.1 Å². The quantitative estimate of drug-likeness (QED) is 0.353. The molecule has 0 saturated carbocycles. The van der Waals surface area contributed by atoms with Crippen molar-refractivity contribution in [2.45, 2.75) is 33.0 Å². The average Bonchev–Trinajstić information content (AvgIpc) is 2.74. The third kappa shape index (κ3) is 6.52. The number of hydrogen-bond donors (Lipinski definition) is 5. The Morgan fingerprint density at radius 2 is 1.63 bits per heavy atom. The Morgan fingerprint density at radius 3 is 2.20 bits per heavy atom. The second kappa shape index (κ2) is 10.9. The van der Waals surface area contributed by atoms with Crippen molar-refractivity contribution >= 4 is 17.8 Å². The Labute approximate surface area is 197 Å². The molecule has 10 nitrogen and oxygen atoms in total. The van der Waals surface area contributed by atoms with E-state index in [0.717, 1.165) is 18.2 Å². The van der Waals surface area contributed by atoms with Crippen molar-refractivity contribution in [1.82, 2.24) is 15.2 Å². The highest BCUT2D eigenvalue weighted by Crippen LogP contribution is 2.34. The van der Waals surface area contributed by atoms with Crippen LogP contribution in [-0.2, 0) is 17.5 Å². The summed E-state index contributed by atoms with van der Waals surface area (Å²) in [6.45, 7) is 1.96. The van der Waals surface area contributed by atoms with Crippen LogP contribution in [0.3, 0.4) is 0 Å². The highest BCUT2D eigenvalue weighted by molar-refractivity contribution is 6.05. The van der Waals surface area contributed by atoms with E-state index in [4.69, 9.17) is 5.11 Å². The molecule has 0 saturated heterocycles. The van der Waals surface area contributed by atoms with Gasteiger partial charge < -0.3 is 26.0 Å². The molecule has 0 unspecified atom stereocenters. The van der Waals surface area contributed by atoms with Crippen LogP contribution in [0.25, 0.3) is 0 Å². The second-order valence-electron chi connectivity index (χ2n) is 7.98. The Hall–Kier alpha value is -4.03. The molecule has 0 atom stereocenters. The number of carbonyl (C=O) groups excluding carboxylic acids is 2. The van der Waals surface area contributed by atoms with E-state index in [1.165, 1.54) is 6.07 Å². The molecule has 190 valence electrons. The maximum atomic E-state index is 13.4. The molecule has 1 aromatic heterocycles. The number of amides is 2. The minimum atomic E-state index is -4.81. The summed E-state index contributed by atoms with van der Waals surface area (Å²) in [6.07, 6.45) is -4.32. The number of alkyl halides is 3. The number of aliphatic carboxylic acids is 1. The van der Waals surface area contributed by atoms with Crippen LogP contribution in [0.2, 0.25) is 0 Å². The van der Waals surface area contributed by atoms with Gasteiger partial charge in [0, 0.05) is 6.54 Å². The lowest BCUT2D eigenvalue weighted by molar-refractivity contribution is -0.138. The molecular formula is C22H24F3N3O7. The van der Waals surface area contributed by atoms with Crippen LogP contribution in [0.15, 0.2) is 29.1 Å². The first-order chi connectivity index (χ1) is 16.3. The number of carboxylic acid groups (broad SMARTS) is 1. The maximum Gasteiger partial charge on any atom is 0.416 e. The normalized spacial score (nSPS) is 11.4. The number of hydrogen-bond acceptors (Lipinski definition) is 6. The lowest BCUT2D eigenvalue weighted by Crippen LogP contribution is -2.37. The number of nitrogens with one attached hydrogen (secondary N) is 2. The number of nitrogens with zero attached hydrogens (tertiary/aromatic N) is 1. The Bertz CT molecular complexity index is 1190. The molecule has 0 bridgehead atoms. The zero-order chi connectivity index (χ0) is 26.5. The Balaban J connectivity index is 2.69. The third-order valence-electron chi connectivity index (χ3n) is 4.92. The number of rotatable bonds is 9. The van der Waals surface area contributed by atoms with Gasteiger partial charge >= 0.3 is 12.1 Å². The van der Waals surface area contributed by atoms with Gasteiger partial charge in [0.15, 0.2) is 5.75 Å². The zero-order valence-corrected chi connectivity index (χ0v) is 18.8. The fraction of sp³-hybridized carbons (Fsp3) is 0.364. The molecule has 1 aromatic carbocycles. The van der Waals surface area contributed by atoms with E-state index >= 15 is 0 Å². The lowest BCUT2D eigenvalue weighted by Gasteiger charge is -2.19. The summed E-state index contributed by atoms with van der Waals surface area (Å²) in [4.78, 5) is 48.9. The van der Waals surface area contributed by atoms with Gasteiger partial charge in [-0.1, -0.05) is 32.0 Å². The third-order valence-corrected chi connectivity index (χ3v) is 4.92. The molecule has 2 rings (SSSR count). The number of aromatic nitrogens is 1. The maximum absolute atomic E-state index is 13.4. The molecular weight excluding hydrogens is 475 g/mol. The summed E-state index contributed by atoms with van der Waals surface area (Å²) >= 11 is 0. The van der Waals surface area contributed by atoms with Gasteiger partial charge in [0.2, 0.25) is 5.88 Å². The molecule has 0 aliphatic rings. The zero-order valence-electron chi connectivity index (χ0n) is 18.8. The highest BCUT2D eigenvalue weighted by Gasteiger charge is 2.34. The fourth-order valence-corrected chi connectivity index (χ4v) is 3.17. The van der Waals surface area contributed by atoms with Crippen molar-refractivity contribution < 1.29 is 42.9 Å². The summed E-state index contributed by atoms with van der Waals surface area (Å²) in [5, 5.41) is 34.2. The monoisotopic (exact) mass is 499 g/mol. The minimum absolute atomic E-state index is 0.0892. The van der Waals surface area contributed by atoms with E-state index in [1.807, 2.05) is 19.2 Å². The molecule has 2 aromatic rings. The van der Waals surface area contributed by atoms with Crippen LogP contribution in [0.4, 0.5) is 13.2 Å². The SMILES string of the molecule is CC(C)CCNC(=O)c1c(O)c(C(=O)NCC(=O)O)c(=O)n(Cc2ccccc2C(F)(F)F)c1O. The number of benzene rings is 1. The van der Waals surface area contributed by atoms with Crippen LogP contribution in [-0.4, -0.2) is 50.8 Å². The van der Waals surface area contributed by atoms with Gasteiger partial charge in [0.1, 0.15) is 17.7 Å². The molecule has 1 heterocycles. The predicted molar refractivity (Wildman–Crippen MR) is 116 cm³/mol. The number of carboxylic acids is 1. The van der Waals surface area contributed by atoms with Crippen LogP contribution >= 0.6 is 0 Å². The molecule has 35 heavy (non-hydrogen) atoms. The van der Waals surface area contributed by atoms with E-state index in [-0.39, 0.29) is 12.5 Å². The second-order valence-corrected chi connectivity index (χ2v) is 7.98. The number of pyridine rings is 1. The van der Waals surface area contributed by atoms with Gasteiger partial charge in [-0.15, -0.1) is 0 Å². The van der Waals surface area contributed by atoms with Crippen LogP contribution in [0.5, 0.6) is 11.6 Å². The largest absolute Gasteiger partial charge is 0.506 e. The summed E-state index contributed by atoms with van der Waals surface area (Å²) in [6, 6.07) is 4.16. The lowest BCUT2D eigenvalue weighted by atomic mass is 10.1. The highest BCUT2D eigenvalue weighted by atomic mass is 19.4. The summed E-state index contributed by atoms with van der Waals surface area (Å²) in [7, 11) is 0. The van der Waals surface area contributed by atoms with Gasteiger partial charge in [-0.3, -0.25) is 23.7 Å². The van der Waals surface area contributed by atoms with Crippen LogP contribution < -0.4 is 16.2 Å². The Kier molecular flexibility index (Phi) is 8.50. The number of halogens is 3. The summed E-state index contributed by atoms with van der Waals surface area (Å²) in [5.74, 6) is -6.21. The van der Waals surface area contributed by atoms with Crippen molar-refractivity contribution in [1.29, 1.82) is 0 Å². The van der Waals surface area contributed by atoms with E-state index in [0.29, 0.717) is 11.0 Å². The van der Waals surface area contributed by atoms with Gasteiger partial charge in [-0.2, -0.15) is 13.2 Å². The van der Waals surface area contributed by atoms with Crippen molar-refractivity contribution in [3.8, 4) is 11.6 Å². The van der Waals surface area contributed by atoms with E-state index < -0.39 is 76.5 Å². The van der Waals surface area contributed by atoms with Gasteiger partial charge in [-0.25, -0.2) is 0 Å². The van der Waals surface area contributed by atoms with Crippen molar-refractivity contribution in [2.75, 3.05) is 13.1 Å². The molecule has 2 amide bonds. The number of carbonyl (C=O) groups is 3.